The van der Waals surface area contributed by atoms with Crippen LogP contribution in [-0.4, -0.2) is 26.8 Å². The van der Waals surface area contributed by atoms with E-state index < -0.39 is 0 Å². The lowest BCUT2D eigenvalue weighted by molar-refractivity contribution is 0.515. The Labute approximate surface area is 131 Å². The number of nitrogens with zero attached hydrogens (tertiary/aromatic N) is 2. The molecule has 1 aromatic heterocycles. The second-order valence-electron chi connectivity index (χ2n) is 5.72. The fraction of sp³-hybridized carbons (Fsp3) is 0.800. The van der Waals surface area contributed by atoms with E-state index >= 15 is 0 Å². The zero-order chi connectivity index (χ0) is 14.5. The lowest BCUT2D eigenvalue weighted by atomic mass is 10.0. The van der Waals surface area contributed by atoms with Crippen molar-refractivity contribution >= 4 is 23.4 Å². The highest BCUT2D eigenvalue weighted by atomic mass is 35.5. The van der Waals surface area contributed by atoms with Crippen molar-refractivity contribution in [3.05, 3.63) is 16.4 Å². The molecule has 5 heteroatoms. The van der Waals surface area contributed by atoms with Gasteiger partial charge in [0.25, 0.3) is 0 Å². The molecule has 1 unspecified atom stereocenters. The first kappa shape index (κ1) is 16.2. The molecule has 1 heterocycles. The zero-order valence-corrected chi connectivity index (χ0v) is 14.1. The Kier molecular flexibility index (Phi) is 6.24. The summed E-state index contributed by atoms with van der Waals surface area (Å²) in [5, 5.41) is 6.07. The first-order valence-corrected chi connectivity index (χ1v) is 9.13. The summed E-state index contributed by atoms with van der Waals surface area (Å²) < 4.78 is 1.99. The van der Waals surface area contributed by atoms with Gasteiger partial charge in [0.05, 0.1) is 16.4 Å². The molecule has 1 aliphatic carbocycles. The van der Waals surface area contributed by atoms with Crippen molar-refractivity contribution in [3.63, 3.8) is 0 Å². The third-order valence-corrected chi connectivity index (χ3v) is 6.06. The highest BCUT2D eigenvalue weighted by Crippen LogP contribution is 2.29. The Morgan fingerprint density at radius 2 is 2.10 bits per heavy atom. The van der Waals surface area contributed by atoms with Gasteiger partial charge in [-0.3, -0.25) is 4.68 Å². The minimum Gasteiger partial charge on any atom is -0.327 e. The van der Waals surface area contributed by atoms with Gasteiger partial charge in [-0.25, -0.2) is 0 Å². The van der Waals surface area contributed by atoms with Crippen molar-refractivity contribution in [2.45, 2.75) is 70.2 Å². The van der Waals surface area contributed by atoms with Gasteiger partial charge in [0.15, 0.2) is 0 Å². The fourth-order valence-electron chi connectivity index (χ4n) is 2.86. The Morgan fingerprint density at radius 1 is 1.40 bits per heavy atom. The van der Waals surface area contributed by atoms with E-state index in [-0.39, 0.29) is 6.04 Å². The second-order valence-corrected chi connectivity index (χ2v) is 7.43. The van der Waals surface area contributed by atoms with Gasteiger partial charge in [0.1, 0.15) is 0 Å². The molecule has 1 aromatic rings. The van der Waals surface area contributed by atoms with Crippen LogP contribution in [0.15, 0.2) is 0 Å². The van der Waals surface area contributed by atoms with E-state index in [1.165, 1.54) is 32.1 Å². The van der Waals surface area contributed by atoms with E-state index in [1.54, 1.807) is 0 Å². The number of hydrogen-bond acceptors (Lipinski definition) is 3. The molecule has 2 rings (SSSR count). The predicted molar refractivity (Wildman–Crippen MR) is 88.7 cm³/mol. The average molecular weight is 316 g/mol. The van der Waals surface area contributed by atoms with Crippen LogP contribution in [0.1, 0.15) is 50.4 Å². The molecule has 0 bridgehead atoms. The third kappa shape index (κ3) is 4.15. The van der Waals surface area contributed by atoms with Gasteiger partial charge in [-0.15, -0.1) is 0 Å². The van der Waals surface area contributed by atoms with Gasteiger partial charge in [-0.1, -0.05) is 30.9 Å². The number of aryl methyl sites for hydroxylation is 2. The molecule has 0 spiro atoms. The van der Waals surface area contributed by atoms with E-state index in [2.05, 4.69) is 23.8 Å². The number of hydrogen-bond donors (Lipinski definition) is 1. The summed E-state index contributed by atoms with van der Waals surface area (Å²) in [6.45, 7) is 4.90. The molecule has 0 aromatic carbocycles. The molecule has 0 aliphatic heterocycles. The molecular weight excluding hydrogens is 290 g/mol. The largest absolute Gasteiger partial charge is 0.327 e. The molecule has 3 nitrogen and oxygen atoms in total. The Bertz CT molecular complexity index is 427. The molecular formula is C15H26ClN3S. The van der Waals surface area contributed by atoms with Gasteiger partial charge in [-0.2, -0.15) is 16.9 Å². The van der Waals surface area contributed by atoms with Gasteiger partial charge >= 0.3 is 0 Å². The molecule has 114 valence electrons. The van der Waals surface area contributed by atoms with Crippen molar-refractivity contribution in [1.29, 1.82) is 0 Å². The maximum atomic E-state index is 6.34. The molecule has 1 aliphatic rings. The standard InChI is InChI=1S/C15H26ClN3S/c1-3-19-14(15(16)11(2)18-19)9-12(17)10-20-13-7-5-4-6-8-13/h12-13H,3-10,17H2,1-2H3. The summed E-state index contributed by atoms with van der Waals surface area (Å²) in [6, 6.07) is 0.167. The van der Waals surface area contributed by atoms with Crippen LogP contribution in [0.25, 0.3) is 0 Å². The van der Waals surface area contributed by atoms with Gasteiger partial charge < -0.3 is 5.73 Å². The van der Waals surface area contributed by atoms with Crippen LogP contribution < -0.4 is 5.73 Å². The summed E-state index contributed by atoms with van der Waals surface area (Å²) in [7, 11) is 0. The number of rotatable bonds is 6. The molecule has 20 heavy (non-hydrogen) atoms. The summed E-state index contributed by atoms with van der Waals surface area (Å²) in [4.78, 5) is 0. The average Bonchev–Trinajstić information content (AvgIpc) is 2.74. The van der Waals surface area contributed by atoms with Crippen LogP contribution in [0, 0.1) is 6.92 Å². The smallest absolute Gasteiger partial charge is 0.0847 e. The fourth-order valence-corrected chi connectivity index (χ4v) is 4.38. The van der Waals surface area contributed by atoms with Gasteiger partial charge in [0, 0.05) is 30.0 Å². The lowest BCUT2D eigenvalue weighted by Gasteiger charge is -2.22. The monoisotopic (exact) mass is 315 g/mol. The first-order valence-electron chi connectivity index (χ1n) is 7.70. The summed E-state index contributed by atoms with van der Waals surface area (Å²) >= 11 is 8.39. The number of thioether (sulfide) groups is 1. The second kappa shape index (κ2) is 7.71. The van der Waals surface area contributed by atoms with Crippen molar-refractivity contribution in [2.24, 2.45) is 5.73 Å². The minimum absolute atomic E-state index is 0.167. The van der Waals surface area contributed by atoms with Crippen LogP contribution in [0.2, 0.25) is 5.02 Å². The molecule has 1 atom stereocenters. The van der Waals surface area contributed by atoms with Crippen LogP contribution in [0.5, 0.6) is 0 Å². The van der Waals surface area contributed by atoms with E-state index in [0.717, 1.165) is 40.4 Å². The Morgan fingerprint density at radius 3 is 2.75 bits per heavy atom. The molecule has 1 fully saturated rings. The van der Waals surface area contributed by atoms with Gasteiger partial charge in [-0.05, 0) is 26.7 Å². The van der Waals surface area contributed by atoms with Crippen molar-refractivity contribution in [2.75, 3.05) is 5.75 Å². The molecule has 0 radical (unpaired) electrons. The topological polar surface area (TPSA) is 43.8 Å². The summed E-state index contributed by atoms with van der Waals surface area (Å²) in [5.41, 5.74) is 8.32. The highest BCUT2D eigenvalue weighted by Gasteiger charge is 2.18. The normalized spacial score (nSPS) is 18.4. The quantitative estimate of drug-likeness (QED) is 0.868. The number of nitrogens with two attached hydrogens (primary N) is 1. The summed E-state index contributed by atoms with van der Waals surface area (Å²) in [6.07, 6.45) is 7.75. The van der Waals surface area contributed by atoms with E-state index in [0.29, 0.717) is 0 Å². The van der Waals surface area contributed by atoms with Crippen molar-refractivity contribution in [1.82, 2.24) is 9.78 Å². The predicted octanol–water partition coefficient (Wildman–Crippen LogP) is 3.80. The summed E-state index contributed by atoms with van der Waals surface area (Å²) in [5.74, 6) is 1.02. The van der Waals surface area contributed by atoms with E-state index in [9.17, 15) is 0 Å². The maximum absolute atomic E-state index is 6.34. The van der Waals surface area contributed by atoms with Crippen molar-refractivity contribution < 1.29 is 0 Å². The minimum atomic E-state index is 0.167. The lowest BCUT2D eigenvalue weighted by Crippen LogP contribution is -2.28. The Hall–Kier alpha value is -0.190. The van der Waals surface area contributed by atoms with E-state index in [4.69, 9.17) is 17.3 Å². The van der Waals surface area contributed by atoms with Crippen molar-refractivity contribution in [3.8, 4) is 0 Å². The third-order valence-electron chi connectivity index (χ3n) is 4.01. The molecule has 0 amide bonds. The number of aromatic nitrogens is 2. The van der Waals surface area contributed by atoms with Crippen LogP contribution in [-0.2, 0) is 13.0 Å². The SMILES string of the molecule is CCn1nc(C)c(Cl)c1CC(N)CSC1CCCCC1. The van der Waals surface area contributed by atoms with E-state index in [1.807, 2.05) is 11.6 Å². The van der Waals surface area contributed by atoms with Crippen LogP contribution >= 0.6 is 23.4 Å². The first-order chi connectivity index (χ1) is 9.61. The Balaban J connectivity index is 1.86. The number of halogens is 1. The molecule has 2 N–H and O–H groups in total. The van der Waals surface area contributed by atoms with Crippen LogP contribution in [0.4, 0.5) is 0 Å². The van der Waals surface area contributed by atoms with Gasteiger partial charge in [0.2, 0.25) is 0 Å². The van der Waals surface area contributed by atoms with Crippen LogP contribution in [0.3, 0.4) is 0 Å². The maximum Gasteiger partial charge on any atom is 0.0847 e. The molecule has 1 saturated carbocycles. The zero-order valence-electron chi connectivity index (χ0n) is 12.6. The highest BCUT2D eigenvalue weighted by molar-refractivity contribution is 7.99. The molecule has 0 saturated heterocycles.